The van der Waals surface area contributed by atoms with E-state index in [1.54, 1.807) is 0 Å². The molecule has 14 heavy (non-hydrogen) atoms. The molecule has 0 fully saturated rings. The zero-order chi connectivity index (χ0) is 10.9. The molecule has 1 atom stereocenters. The van der Waals surface area contributed by atoms with Crippen molar-refractivity contribution in [1.29, 1.82) is 0 Å². The summed E-state index contributed by atoms with van der Waals surface area (Å²) in [4.78, 5) is 10.9. The summed E-state index contributed by atoms with van der Waals surface area (Å²) in [5.41, 5.74) is -1.16. The molecule has 0 amide bonds. The minimum atomic E-state index is -1.16. The molecule has 1 aromatic rings. The SMILES string of the molecule is CC(O)c1nncn1C(C)(C)C(=O)O. The molecule has 0 aromatic carbocycles. The van der Waals surface area contributed by atoms with Gasteiger partial charge in [0, 0.05) is 0 Å². The highest BCUT2D eigenvalue weighted by Gasteiger charge is 2.32. The maximum atomic E-state index is 10.9. The van der Waals surface area contributed by atoms with Crippen molar-refractivity contribution in [1.82, 2.24) is 14.8 Å². The fourth-order valence-electron chi connectivity index (χ4n) is 1.06. The second kappa shape index (κ2) is 3.38. The van der Waals surface area contributed by atoms with E-state index in [0.29, 0.717) is 0 Å². The average Bonchev–Trinajstić information content (AvgIpc) is 2.51. The minimum absolute atomic E-state index is 0.248. The summed E-state index contributed by atoms with van der Waals surface area (Å²) in [6.07, 6.45) is 0.465. The van der Waals surface area contributed by atoms with E-state index in [4.69, 9.17) is 5.11 Å². The molecule has 0 aliphatic carbocycles. The van der Waals surface area contributed by atoms with Crippen LogP contribution in [0.15, 0.2) is 6.33 Å². The van der Waals surface area contributed by atoms with Gasteiger partial charge in [-0.1, -0.05) is 0 Å². The molecule has 0 bridgehead atoms. The van der Waals surface area contributed by atoms with Crippen LogP contribution in [0.2, 0.25) is 0 Å². The minimum Gasteiger partial charge on any atom is -0.480 e. The summed E-state index contributed by atoms with van der Waals surface area (Å²) < 4.78 is 1.35. The molecule has 0 aliphatic rings. The summed E-state index contributed by atoms with van der Waals surface area (Å²) in [5, 5.41) is 25.5. The van der Waals surface area contributed by atoms with Gasteiger partial charge in [0.1, 0.15) is 18.0 Å². The predicted molar refractivity (Wildman–Crippen MR) is 47.6 cm³/mol. The van der Waals surface area contributed by atoms with Crippen LogP contribution in [0, 0.1) is 0 Å². The summed E-state index contributed by atoms with van der Waals surface area (Å²) in [5.74, 6) is -0.753. The Balaban J connectivity index is 3.18. The highest BCUT2D eigenvalue weighted by atomic mass is 16.4. The Kier molecular flexibility index (Phi) is 2.57. The van der Waals surface area contributed by atoms with Crippen LogP contribution in [0.25, 0.3) is 0 Å². The van der Waals surface area contributed by atoms with E-state index in [2.05, 4.69) is 10.2 Å². The molecule has 2 N–H and O–H groups in total. The van der Waals surface area contributed by atoms with Crippen LogP contribution in [0.3, 0.4) is 0 Å². The molecule has 0 saturated carbocycles. The summed E-state index contributed by atoms with van der Waals surface area (Å²) >= 11 is 0. The van der Waals surface area contributed by atoms with Crippen molar-refractivity contribution in [3.05, 3.63) is 12.2 Å². The topological polar surface area (TPSA) is 88.2 Å². The van der Waals surface area contributed by atoms with Gasteiger partial charge in [-0.2, -0.15) is 0 Å². The average molecular weight is 199 g/mol. The number of hydrogen-bond donors (Lipinski definition) is 2. The van der Waals surface area contributed by atoms with Crippen LogP contribution < -0.4 is 0 Å². The van der Waals surface area contributed by atoms with Crippen molar-refractivity contribution in [2.24, 2.45) is 0 Å². The first-order chi connectivity index (χ1) is 6.37. The van der Waals surface area contributed by atoms with E-state index in [1.165, 1.54) is 31.7 Å². The van der Waals surface area contributed by atoms with Gasteiger partial charge < -0.3 is 10.2 Å². The smallest absolute Gasteiger partial charge is 0.329 e. The Morgan fingerprint density at radius 1 is 1.64 bits per heavy atom. The van der Waals surface area contributed by atoms with Crippen molar-refractivity contribution in [3.63, 3.8) is 0 Å². The molecule has 1 unspecified atom stereocenters. The standard InChI is InChI=1S/C8H13N3O3/c1-5(12)6-10-9-4-11(6)8(2,3)7(13)14/h4-5,12H,1-3H3,(H,13,14). The Bertz CT molecular complexity index is 343. The number of carbonyl (C=O) groups is 1. The van der Waals surface area contributed by atoms with Crippen molar-refractivity contribution in [2.45, 2.75) is 32.4 Å². The Labute approximate surface area is 81.2 Å². The molecule has 1 aromatic heterocycles. The van der Waals surface area contributed by atoms with Gasteiger partial charge in [0.25, 0.3) is 0 Å². The lowest BCUT2D eigenvalue weighted by atomic mass is 10.1. The van der Waals surface area contributed by atoms with Gasteiger partial charge in [-0.25, -0.2) is 4.79 Å². The van der Waals surface area contributed by atoms with E-state index in [1.807, 2.05) is 0 Å². The summed E-state index contributed by atoms with van der Waals surface area (Å²) in [6.45, 7) is 4.55. The molecule has 0 spiro atoms. The summed E-state index contributed by atoms with van der Waals surface area (Å²) in [6, 6.07) is 0. The van der Waals surface area contributed by atoms with E-state index in [0.717, 1.165) is 0 Å². The largest absolute Gasteiger partial charge is 0.480 e. The van der Waals surface area contributed by atoms with Crippen LogP contribution in [0.5, 0.6) is 0 Å². The number of aromatic nitrogens is 3. The Hall–Kier alpha value is -1.43. The maximum Gasteiger partial charge on any atom is 0.329 e. The second-order valence-corrected chi connectivity index (χ2v) is 3.60. The number of rotatable bonds is 3. The quantitative estimate of drug-likeness (QED) is 0.723. The lowest BCUT2D eigenvalue weighted by Gasteiger charge is -2.23. The molecule has 0 saturated heterocycles. The summed E-state index contributed by atoms with van der Waals surface area (Å²) in [7, 11) is 0. The number of carboxylic acids is 1. The third-order valence-corrected chi connectivity index (χ3v) is 2.07. The number of hydrogen-bond acceptors (Lipinski definition) is 4. The fraction of sp³-hybridized carbons (Fsp3) is 0.625. The highest BCUT2D eigenvalue weighted by molar-refractivity contribution is 5.75. The molecule has 6 nitrogen and oxygen atoms in total. The zero-order valence-electron chi connectivity index (χ0n) is 8.30. The molecule has 0 aliphatic heterocycles. The van der Waals surface area contributed by atoms with Crippen molar-refractivity contribution < 1.29 is 15.0 Å². The van der Waals surface area contributed by atoms with Gasteiger partial charge in [0.2, 0.25) is 0 Å². The van der Waals surface area contributed by atoms with E-state index in [-0.39, 0.29) is 5.82 Å². The highest BCUT2D eigenvalue weighted by Crippen LogP contribution is 2.20. The zero-order valence-corrected chi connectivity index (χ0v) is 8.30. The van der Waals surface area contributed by atoms with Crippen LogP contribution in [0.1, 0.15) is 32.7 Å². The van der Waals surface area contributed by atoms with Gasteiger partial charge >= 0.3 is 5.97 Å². The number of carboxylic acid groups (broad SMARTS) is 1. The van der Waals surface area contributed by atoms with E-state index in [9.17, 15) is 9.90 Å². The normalized spacial score (nSPS) is 14.0. The lowest BCUT2D eigenvalue weighted by Crippen LogP contribution is -2.36. The van der Waals surface area contributed by atoms with Gasteiger partial charge in [-0.05, 0) is 20.8 Å². The van der Waals surface area contributed by atoms with E-state index >= 15 is 0 Å². The van der Waals surface area contributed by atoms with Crippen LogP contribution in [-0.4, -0.2) is 30.9 Å². The molecular weight excluding hydrogens is 186 g/mol. The van der Waals surface area contributed by atoms with E-state index < -0.39 is 17.6 Å². The third-order valence-electron chi connectivity index (χ3n) is 2.07. The van der Waals surface area contributed by atoms with Crippen molar-refractivity contribution >= 4 is 5.97 Å². The first kappa shape index (κ1) is 10.6. The molecule has 1 heterocycles. The second-order valence-electron chi connectivity index (χ2n) is 3.60. The molecule has 0 radical (unpaired) electrons. The van der Waals surface area contributed by atoms with Gasteiger partial charge in [0.05, 0.1) is 0 Å². The van der Waals surface area contributed by atoms with Gasteiger partial charge in [-0.15, -0.1) is 10.2 Å². The van der Waals surface area contributed by atoms with Crippen LogP contribution in [0.4, 0.5) is 0 Å². The van der Waals surface area contributed by atoms with Gasteiger partial charge in [0.15, 0.2) is 5.82 Å². The van der Waals surface area contributed by atoms with Crippen molar-refractivity contribution in [3.8, 4) is 0 Å². The first-order valence-electron chi connectivity index (χ1n) is 4.19. The van der Waals surface area contributed by atoms with Gasteiger partial charge in [-0.3, -0.25) is 4.57 Å². The molecular formula is C8H13N3O3. The first-order valence-corrected chi connectivity index (χ1v) is 4.19. The lowest BCUT2D eigenvalue weighted by molar-refractivity contribution is -0.145. The molecule has 6 heteroatoms. The number of nitrogens with zero attached hydrogens (tertiary/aromatic N) is 3. The maximum absolute atomic E-state index is 10.9. The van der Waals surface area contributed by atoms with Crippen molar-refractivity contribution in [2.75, 3.05) is 0 Å². The molecule has 78 valence electrons. The number of aliphatic carboxylic acids is 1. The predicted octanol–water partition coefficient (Wildman–Crippen LogP) is 0.151. The van der Waals surface area contributed by atoms with Crippen LogP contribution in [-0.2, 0) is 10.3 Å². The van der Waals surface area contributed by atoms with Crippen LogP contribution >= 0.6 is 0 Å². The molecule has 1 rings (SSSR count). The Morgan fingerprint density at radius 3 is 2.64 bits per heavy atom. The Morgan fingerprint density at radius 2 is 2.21 bits per heavy atom. The fourth-order valence-corrected chi connectivity index (χ4v) is 1.06. The number of aliphatic hydroxyl groups is 1. The monoisotopic (exact) mass is 199 g/mol. The third kappa shape index (κ3) is 1.60. The number of aliphatic hydroxyl groups excluding tert-OH is 1.